The van der Waals surface area contributed by atoms with Gasteiger partial charge in [0.05, 0.1) is 41.5 Å². The van der Waals surface area contributed by atoms with Crippen LogP contribution in [0.15, 0.2) is 41.4 Å². The fraction of sp³-hybridized carbons (Fsp3) is 0.391. The highest BCUT2D eigenvalue weighted by Crippen LogP contribution is 2.38. The average Bonchev–Trinajstić information content (AvgIpc) is 2.83. The number of nitrogens with zero attached hydrogens (tertiary/aromatic N) is 1. The van der Waals surface area contributed by atoms with Gasteiger partial charge in [0.25, 0.3) is 0 Å². The van der Waals surface area contributed by atoms with Crippen molar-refractivity contribution < 1.29 is 23.7 Å². The number of carbonyl (C=O) groups excluding carboxylic acids is 1. The van der Waals surface area contributed by atoms with Crippen LogP contribution in [-0.2, 0) is 17.9 Å². The van der Waals surface area contributed by atoms with Crippen LogP contribution in [0.2, 0.25) is 0 Å². The van der Waals surface area contributed by atoms with E-state index in [1.54, 1.807) is 28.4 Å². The summed E-state index contributed by atoms with van der Waals surface area (Å²) >= 11 is 0. The molecule has 0 spiro atoms. The van der Waals surface area contributed by atoms with Crippen molar-refractivity contribution >= 4 is 11.9 Å². The van der Waals surface area contributed by atoms with Crippen molar-refractivity contribution in [1.82, 2.24) is 16.0 Å². The first-order chi connectivity index (χ1) is 15.5. The monoisotopic (exact) mass is 444 g/mol. The van der Waals surface area contributed by atoms with Gasteiger partial charge in [-0.3, -0.25) is 4.79 Å². The zero-order chi connectivity index (χ0) is 23.3. The molecule has 0 aliphatic heterocycles. The molecule has 0 heterocycles. The highest BCUT2D eigenvalue weighted by Gasteiger charge is 2.13. The zero-order valence-electron chi connectivity index (χ0n) is 19.3. The first-order valence-corrected chi connectivity index (χ1v) is 10.2. The van der Waals surface area contributed by atoms with E-state index in [1.165, 1.54) is 0 Å². The van der Waals surface area contributed by atoms with Crippen molar-refractivity contribution in [3.63, 3.8) is 0 Å². The lowest BCUT2D eigenvalue weighted by atomic mass is 10.2. The van der Waals surface area contributed by atoms with Gasteiger partial charge < -0.3 is 34.9 Å². The quantitative estimate of drug-likeness (QED) is 0.360. The largest absolute Gasteiger partial charge is 0.497 e. The molecule has 9 heteroatoms. The molecule has 2 aromatic rings. The van der Waals surface area contributed by atoms with E-state index >= 15 is 0 Å². The van der Waals surface area contributed by atoms with Gasteiger partial charge in [0.1, 0.15) is 5.75 Å². The van der Waals surface area contributed by atoms with Crippen molar-refractivity contribution in [2.45, 2.75) is 20.0 Å². The molecule has 0 saturated heterocycles. The van der Waals surface area contributed by atoms with Gasteiger partial charge in [-0.25, -0.2) is 4.99 Å². The molecule has 0 aliphatic carbocycles. The maximum absolute atomic E-state index is 12.2. The van der Waals surface area contributed by atoms with Crippen LogP contribution >= 0.6 is 0 Å². The number of ether oxygens (including phenoxy) is 4. The molecule has 0 aromatic heterocycles. The summed E-state index contributed by atoms with van der Waals surface area (Å²) < 4.78 is 21.3. The fourth-order valence-electron chi connectivity index (χ4n) is 2.91. The minimum Gasteiger partial charge on any atom is -0.497 e. The van der Waals surface area contributed by atoms with E-state index in [0.29, 0.717) is 42.8 Å². The van der Waals surface area contributed by atoms with E-state index in [9.17, 15) is 4.79 Å². The Morgan fingerprint density at radius 1 is 0.844 bits per heavy atom. The minimum absolute atomic E-state index is 0.0945. The molecular formula is C23H32N4O5. The lowest BCUT2D eigenvalue weighted by Gasteiger charge is -2.14. The fourth-order valence-corrected chi connectivity index (χ4v) is 2.91. The first kappa shape index (κ1) is 24.6. The van der Waals surface area contributed by atoms with E-state index in [4.69, 9.17) is 18.9 Å². The molecular weight excluding hydrogens is 412 g/mol. The van der Waals surface area contributed by atoms with Crippen molar-refractivity contribution in [2.75, 3.05) is 41.5 Å². The van der Waals surface area contributed by atoms with Crippen LogP contribution in [0, 0.1) is 0 Å². The number of guanidine groups is 1. The molecule has 0 bridgehead atoms. The molecule has 0 saturated carbocycles. The van der Waals surface area contributed by atoms with Crippen LogP contribution in [0.1, 0.15) is 18.1 Å². The summed E-state index contributed by atoms with van der Waals surface area (Å²) in [5.74, 6) is 2.82. The van der Waals surface area contributed by atoms with Gasteiger partial charge in [0, 0.05) is 13.1 Å². The number of nitrogens with one attached hydrogen (secondary N) is 3. The number of amides is 1. The molecule has 0 fully saturated rings. The topological polar surface area (TPSA) is 102 Å². The maximum Gasteiger partial charge on any atom is 0.239 e. The third-order valence-corrected chi connectivity index (χ3v) is 4.55. The van der Waals surface area contributed by atoms with Crippen molar-refractivity contribution in [2.24, 2.45) is 4.99 Å². The molecule has 174 valence electrons. The van der Waals surface area contributed by atoms with Crippen LogP contribution in [0.5, 0.6) is 23.0 Å². The summed E-state index contributed by atoms with van der Waals surface area (Å²) in [6, 6.07) is 11.2. The van der Waals surface area contributed by atoms with E-state index in [2.05, 4.69) is 20.9 Å². The molecule has 3 N–H and O–H groups in total. The number of rotatable bonds is 11. The molecule has 0 atom stereocenters. The summed E-state index contributed by atoms with van der Waals surface area (Å²) in [6.07, 6.45) is 0. The number of benzene rings is 2. The Hall–Kier alpha value is -3.62. The van der Waals surface area contributed by atoms with Gasteiger partial charge in [0.2, 0.25) is 11.7 Å². The lowest BCUT2D eigenvalue weighted by molar-refractivity contribution is -0.120. The lowest BCUT2D eigenvalue weighted by Crippen LogP contribution is -2.43. The summed E-state index contributed by atoms with van der Waals surface area (Å²) in [4.78, 5) is 16.8. The predicted molar refractivity (Wildman–Crippen MR) is 124 cm³/mol. The van der Waals surface area contributed by atoms with Gasteiger partial charge in [-0.15, -0.1) is 0 Å². The molecule has 0 aliphatic rings. The molecule has 32 heavy (non-hydrogen) atoms. The Morgan fingerprint density at radius 2 is 1.50 bits per heavy atom. The summed E-state index contributed by atoms with van der Waals surface area (Å²) in [5, 5.41) is 9.06. The number of aliphatic imine (C=N–C) groups is 1. The Bertz CT molecular complexity index is 875. The van der Waals surface area contributed by atoms with Crippen molar-refractivity contribution in [1.29, 1.82) is 0 Å². The third kappa shape index (κ3) is 7.26. The Balaban J connectivity index is 1.95. The summed E-state index contributed by atoms with van der Waals surface area (Å²) in [7, 11) is 6.32. The van der Waals surface area contributed by atoms with Gasteiger partial charge in [-0.1, -0.05) is 12.1 Å². The summed E-state index contributed by atoms with van der Waals surface area (Å²) in [6.45, 7) is 3.51. The highest BCUT2D eigenvalue weighted by molar-refractivity contribution is 5.86. The number of carbonyl (C=O) groups is 1. The van der Waals surface area contributed by atoms with E-state index in [-0.39, 0.29) is 12.5 Å². The molecule has 9 nitrogen and oxygen atoms in total. The van der Waals surface area contributed by atoms with Gasteiger partial charge in [-0.05, 0) is 42.3 Å². The predicted octanol–water partition coefficient (Wildman–Crippen LogP) is 2.09. The number of hydrogen-bond donors (Lipinski definition) is 3. The Kier molecular flexibility index (Phi) is 9.96. The van der Waals surface area contributed by atoms with Crippen molar-refractivity contribution in [3.8, 4) is 23.0 Å². The van der Waals surface area contributed by atoms with Crippen LogP contribution in [0.3, 0.4) is 0 Å². The smallest absolute Gasteiger partial charge is 0.239 e. The molecule has 2 aromatic carbocycles. The Labute approximate surface area is 189 Å². The molecule has 2 rings (SSSR count). The maximum atomic E-state index is 12.2. The summed E-state index contributed by atoms with van der Waals surface area (Å²) in [5.41, 5.74) is 1.86. The molecule has 0 unspecified atom stereocenters. The van der Waals surface area contributed by atoms with Crippen LogP contribution in [0.4, 0.5) is 0 Å². The molecule has 1 amide bonds. The zero-order valence-corrected chi connectivity index (χ0v) is 19.3. The van der Waals surface area contributed by atoms with Crippen LogP contribution < -0.4 is 34.9 Å². The second-order valence-corrected chi connectivity index (χ2v) is 6.71. The van der Waals surface area contributed by atoms with E-state index in [0.717, 1.165) is 16.9 Å². The standard InChI is InChI=1S/C23H32N4O5/c1-6-24-23(26-14-17-11-19(30-3)22(32-5)20(12-17)31-4)27-15-21(28)25-13-16-7-9-18(29-2)10-8-16/h7-12H,6,13-15H2,1-5H3,(H,25,28)(H2,24,26,27). The third-order valence-electron chi connectivity index (χ3n) is 4.55. The number of methoxy groups -OCH3 is 4. The normalized spacial score (nSPS) is 10.8. The second kappa shape index (κ2) is 12.9. The van der Waals surface area contributed by atoms with Gasteiger partial charge >= 0.3 is 0 Å². The SMILES string of the molecule is CCNC(=NCc1cc(OC)c(OC)c(OC)c1)NCC(=O)NCc1ccc(OC)cc1. The van der Waals surface area contributed by atoms with Crippen LogP contribution in [0.25, 0.3) is 0 Å². The Morgan fingerprint density at radius 3 is 2.03 bits per heavy atom. The first-order valence-electron chi connectivity index (χ1n) is 10.2. The van der Waals surface area contributed by atoms with Gasteiger partial charge in [-0.2, -0.15) is 0 Å². The molecule has 0 radical (unpaired) electrons. The highest BCUT2D eigenvalue weighted by atomic mass is 16.5. The average molecular weight is 445 g/mol. The van der Waals surface area contributed by atoms with E-state index < -0.39 is 0 Å². The van der Waals surface area contributed by atoms with Crippen LogP contribution in [-0.4, -0.2) is 53.4 Å². The van der Waals surface area contributed by atoms with Crippen molar-refractivity contribution in [3.05, 3.63) is 47.5 Å². The van der Waals surface area contributed by atoms with Gasteiger partial charge in [0.15, 0.2) is 17.5 Å². The van der Waals surface area contributed by atoms with E-state index in [1.807, 2.05) is 43.3 Å². The second-order valence-electron chi connectivity index (χ2n) is 6.71. The minimum atomic E-state index is -0.140. The number of hydrogen-bond acceptors (Lipinski definition) is 6.